The average Bonchev–Trinajstić information content (AvgIpc) is 2.84. The van der Waals surface area contributed by atoms with Gasteiger partial charge in [-0.15, -0.1) is 0 Å². The Bertz CT molecular complexity index is 1460. The zero-order chi connectivity index (χ0) is 26.8. The number of benzene rings is 3. The van der Waals surface area contributed by atoms with E-state index in [0.717, 1.165) is 0 Å². The number of aromatic carboxylic acids is 1. The number of hydrogen-bond acceptors (Lipinski definition) is 5. The van der Waals surface area contributed by atoms with Crippen molar-refractivity contribution in [1.29, 1.82) is 0 Å². The van der Waals surface area contributed by atoms with E-state index in [1.54, 1.807) is 39.8 Å². The van der Waals surface area contributed by atoms with Crippen LogP contribution in [0.25, 0.3) is 33.4 Å². The van der Waals surface area contributed by atoms with Crippen molar-refractivity contribution in [3.05, 3.63) is 72.4 Å². The third kappa shape index (κ3) is 6.59. The molecule has 1 aliphatic carbocycles. The summed E-state index contributed by atoms with van der Waals surface area (Å²) in [4.78, 5) is 24.6. The minimum atomic E-state index is -1.49. The van der Waals surface area contributed by atoms with Crippen molar-refractivity contribution in [2.45, 2.75) is 55.4 Å². The van der Waals surface area contributed by atoms with Crippen LogP contribution in [0.4, 0.5) is 0 Å². The fraction of sp³-hybridized carbons (Fsp3) is 0.286. The number of halogens is 2. The Kier molecular flexibility index (Phi) is 14.5. The van der Waals surface area contributed by atoms with Gasteiger partial charge < -0.3 is 19.4 Å². The Morgan fingerprint density at radius 1 is 0.838 bits per heavy atom. The summed E-state index contributed by atoms with van der Waals surface area (Å²) in [6.07, 6.45) is 0. The maximum absolute atomic E-state index is 12.6. The molecule has 186 valence electrons. The molecular weight excluding hydrogens is 533 g/mol. The molecule has 2 aromatic rings. The molecular formula is C28H28Cl2Na2O5. The van der Waals surface area contributed by atoms with Crippen molar-refractivity contribution in [2.75, 3.05) is 0 Å². The van der Waals surface area contributed by atoms with Gasteiger partial charge in [-0.3, -0.25) is 4.79 Å². The monoisotopic (exact) mass is 560 g/mol. The summed E-state index contributed by atoms with van der Waals surface area (Å²) in [7, 11) is 0. The van der Waals surface area contributed by atoms with Gasteiger partial charge in [0.2, 0.25) is 0 Å². The Balaban J connectivity index is 0.00000206. The van der Waals surface area contributed by atoms with Crippen molar-refractivity contribution >= 4 is 40.1 Å². The summed E-state index contributed by atoms with van der Waals surface area (Å²) in [5, 5.41) is 25.2. The maximum atomic E-state index is 12.6. The first kappa shape index (κ1) is 36.0. The van der Waals surface area contributed by atoms with Gasteiger partial charge in [-0.25, -0.2) is 0 Å². The Morgan fingerprint density at radius 3 is 1.92 bits per heavy atom. The second-order valence-corrected chi connectivity index (χ2v) is 8.41. The van der Waals surface area contributed by atoms with E-state index in [-0.39, 0.29) is 103 Å². The van der Waals surface area contributed by atoms with E-state index in [1.807, 2.05) is 27.7 Å². The number of carbonyl (C=O) groups is 1. The van der Waals surface area contributed by atoms with Gasteiger partial charge in [-0.2, -0.15) is 0 Å². The molecule has 5 nitrogen and oxygen atoms in total. The number of carboxylic acid groups (broad SMARTS) is 1. The summed E-state index contributed by atoms with van der Waals surface area (Å²) in [6, 6.07) is 6.15. The van der Waals surface area contributed by atoms with Crippen LogP contribution in [0.3, 0.4) is 0 Å². The molecule has 0 amide bonds. The fourth-order valence-corrected chi connectivity index (χ4v) is 4.53. The quantitative estimate of drug-likeness (QED) is 0.264. The largest absolute Gasteiger partial charge is 1.00 e. The first-order valence-electron chi connectivity index (χ1n) is 11.4. The molecule has 0 fully saturated rings. The van der Waals surface area contributed by atoms with E-state index >= 15 is 0 Å². The summed E-state index contributed by atoms with van der Waals surface area (Å²) >= 11 is 12.7. The minimum absolute atomic E-state index is 0. The van der Waals surface area contributed by atoms with Gasteiger partial charge in [-0.1, -0.05) is 62.2 Å². The smallest absolute Gasteiger partial charge is 0.872 e. The molecule has 0 radical (unpaired) electrons. The van der Waals surface area contributed by atoms with E-state index in [4.69, 9.17) is 27.6 Å². The molecule has 9 heteroatoms. The molecule has 0 unspecified atom stereocenters. The van der Waals surface area contributed by atoms with Gasteiger partial charge >= 0.3 is 59.1 Å². The number of carboxylic acids is 1. The summed E-state index contributed by atoms with van der Waals surface area (Å²) < 4.78 is 6.07. The van der Waals surface area contributed by atoms with Gasteiger partial charge in [0.15, 0.2) is 5.43 Å². The molecule has 0 aromatic heterocycles. The van der Waals surface area contributed by atoms with E-state index < -0.39 is 5.97 Å². The summed E-state index contributed by atoms with van der Waals surface area (Å²) in [5.41, 5.74) is 2.45. The molecule has 4 rings (SSSR count). The van der Waals surface area contributed by atoms with Crippen LogP contribution in [0.5, 0.6) is 5.75 Å². The van der Waals surface area contributed by atoms with Crippen LogP contribution in [0.1, 0.15) is 60.3 Å². The molecule has 0 bridgehead atoms. The number of hydrogen-bond donors (Lipinski definition) is 0. The zero-order valence-corrected chi connectivity index (χ0v) is 28.6. The van der Waals surface area contributed by atoms with E-state index in [1.165, 1.54) is 12.1 Å². The fourth-order valence-electron chi connectivity index (χ4n) is 4.04. The van der Waals surface area contributed by atoms with Crippen LogP contribution < -0.4 is 74.8 Å². The van der Waals surface area contributed by atoms with E-state index in [2.05, 4.69) is 0 Å². The van der Waals surface area contributed by atoms with Crippen LogP contribution in [0.2, 0.25) is 10.0 Å². The standard InChI is InChI=1S/C24H18Cl2O5.2C2H6.2Na/c1-9-7-13-17(18-15(25)5-6-16(26)19(18)24(29)30)14-8-10(2)21(28)12(4)23(14)31-22(13)11(3)20(9)27;2*1-2;;/h5-8,27H,1-4H3,(H,29,30);2*1-2H3;;/q;;;2*+1/p-2. The van der Waals surface area contributed by atoms with E-state index in [9.17, 15) is 19.8 Å². The number of fused-ring (bicyclic) bond motifs is 2. The Hall–Kier alpha value is -1.02. The van der Waals surface area contributed by atoms with Gasteiger partial charge in [0.25, 0.3) is 0 Å². The molecule has 0 N–H and O–H groups in total. The van der Waals surface area contributed by atoms with Crippen molar-refractivity contribution < 1.29 is 78.5 Å². The predicted octanol–water partition coefficient (Wildman–Crippen LogP) is 0.603. The van der Waals surface area contributed by atoms with Crippen LogP contribution in [-0.4, -0.2) is 5.97 Å². The second-order valence-electron chi connectivity index (χ2n) is 7.59. The third-order valence-corrected chi connectivity index (χ3v) is 6.22. The molecule has 1 heterocycles. The van der Waals surface area contributed by atoms with Gasteiger partial charge in [-0.05, 0) is 63.1 Å². The first-order valence-corrected chi connectivity index (χ1v) is 12.2. The topological polar surface area (TPSA) is 93.4 Å². The normalized spacial score (nSPS) is 9.89. The summed E-state index contributed by atoms with van der Waals surface area (Å²) in [5.74, 6) is -1.44. The molecule has 0 atom stereocenters. The van der Waals surface area contributed by atoms with Crippen LogP contribution >= 0.6 is 23.2 Å². The maximum Gasteiger partial charge on any atom is 1.00 e. The Morgan fingerprint density at radius 2 is 1.38 bits per heavy atom. The van der Waals surface area contributed by atoms with Crippen molar-refractivity contribution in [3.8, 4) is 28.2 Å². The van der Waals surface area contributed by atoms with E-state index in [0.29, 0.717) is 38.8 Å². The van der Waals surface area contributed by atoms with Crippen molar-refractivity contribution in [1.82, 2.24) is 0 Å². The minimum Gasteiger partial charge on any atom is -0.872 e. The zero-order valence-electron chi connectivity index (χ0n) is 23.1. The van der Waals surface area contributed by atoms with Crippen molar-refractivity contribution in [3.63, 3.8) is 0 Å². The van der Waals surface area contributed by atoms with Crippen LogP contribution in [0, 0.1) is 27.7 Å². The van der Waals surface area contributed by atoms with Gasteiger partial charge in [0.05, 0.1) is 11.0 Å². The number of aryl methyl sites for hydroxylation is 3. The van der Waals surface area contributed by atoms with Crippen LogP contribution in [-0.2, 0) is 0 Å². The third-order valence-electron chi connectivity index (χ3n) is 5.59. The second kappa shape index (κ2) is 14.9. The summed E-state index contributed by atoms with van der Waals surface area (Å²) in [6.45, 7) is 14.6. The molecule has 37 heavy (non-hydrogen) atoms. The molecule has 2 aliphatic rings. The van der Waals surface area contributed by atoms with Gasteiger partial charge in [0, 0.05) is 38.2 Å². The number of rotatable bonds is 2. The van der Waals surface area contributed by atoms with Crippen molar-refractivity contribution in [2.24, 2.45) is 0 Å². The van der Waals surface area contributed by atoms with Gasteiger partial charge in [0.1, 0.15) is 11.3 Å². The average molecular weight is 561 g/mol. The Labute approximate surface area is 272 Å². The van der Waals surface area contributed by atoms with Crippen LogP contribution in [0.15, 0.2) is 33.5 Å². The molecule has 0 saturated heterocycles. The molecule has 2 aromatic carbocycles. The molecule has 0 saturated carbocycles. The SMILES string of the molecule is CC.CC.Cc1cc2c(-c3c(Cl)ccc(Cl)c3C(=O)[O-])c3cc(C)c(=O)c(C)c-3oc2c(C)c1[O-].[Na+].[Na+]. The first-order chi connectivity index (χ1) is 16.5. The molecule has 0 spiro atoms. The number of carbonyl (C=O) groups excluding carboxylic acids is 1. The molecule has 1 aliphatic heterocycles. The predicted molar refractivity (Wildman–Crippen MR) is 140 cm³/mol.